The van der Waals surface area contributed by atoms with Crippen molar-refractivity contribution in [3.63, 3.8) is 0 Å². The Labute approximate surface area is 156 Å². The lowest BCUT2D eigenvalue weighted by Crippen LogP contribution is -2.14. The van der Waals surface area contributed by atoms with Crippen LogP contribution in [0.4, 0.5) is 5.82 Å². The number of benzene rings is 1. The molecule has 3 aromatic rings. The SMILES string of the molecule is C=C/C=C(\C=C)S(=O)(=O)Nc1noc2cc(Cn3cccn3)cc(OC)c12. The molecular weight excluding hydrogens is 368 g/mol. The Balaban J connectivity index is 2.02. The molecule has 0 unspecified atom stereocenters. The molecule has 0 atom stereocenters. The highest BCUT2D eigenvalue weighted by Gasteiger charge is 2.22. The molecule has 2 aromatic heterocycles. The highest BCUT2D eigenvalue weighted by Crippen LogP contribution is 2.34. The lowest BCUT2D eigenvalue weighted by molar-refractivity contribution is 0.418. The van der Waals surface area contributed by atoms with Gasteiger partial charge in [0.2, 0.25) is 0 Å². The Morgan fingerprint density at radius 2 is 2.22 bits per heavy atom. The van der Waals surface area contributed by atoms with Gasteiger partial charge in [0, 0.05) is 12.4 Å². The fraction of sp³-hybridized carbons (Fsp3) is 0.111. The molecule has 0 aliphatic heterocycles. The van der Waals surface area contributed by atoms with Crippen LogP contribution in [0.15, 0.2) is 71.4 Å². The molecule has 0 amide bonds. The number of ether oxygens (including phenoxy) is 1. The van der Waals surface area contributed by atoms with Crippen LogP contribution in [-0.4, -0.2) is 30.5 Å². The Morgan fingerprint density at radius 3 is 2.85 bits per heavy atom. The van der Waals surface area contributed by atoms with Gasteiger partial charge in [0.1, 0.15) is 11.1 Å². The van der Waals surface area contributed by atoms with Gasteiger partial charge in [-0.1, -0.05) is 24.4 Å². The molecule has 0 saturated carbocycles. The van der Waals surface area contributed by atoms with E-state index >= 15 is 0 Å². The Hall–Kier alpha value is -3.33. The smallest absolute Gasteiger partial charge is 0.263 e. The largest absolute Gasteiger partial charge is 0.496 e. The number of anilines is 1. The molecule has 0 spiro atoms. The maximum atomic E-state index is 12.5. The maximum Gasteiger partial charge on any atom is 0.263 e. The van der Waals surface area contributed by atoms with Gasteiger partial charge in [0.05, 0.1) is 18.6 Å². The predicted octanol–water partition coefficient (Wildman–Crippen LogP) is 3.08. The fourth-order valence-corrected chi connectivity index (χ4v) is 3.57. The molecule has 140 valence electrons. The maximum absolute atomic E-state index is 12.5. The van der Waals surface area contributed by atoms with Crippen LogP contribution >= 0.6 is 0 Å². The summed E-state index contributed by atoms with van der Waals surface area (Å²) >= 11 is 0. The molecule has 0 aliphatic rings. The van der Waals surface area contributed by atoms with Crippen LogP contribution in [0.25, 0.3) is 11.0 Å². The number of aromatic nitrogens is 3. The molecule has 0 aliphatic carbocycles. The second-order valence-corrected chi connectivity index (χ2v) is 7.20. The van der Waals surface area contributed by atoms with E-state index in [1.54, 1.807) is 23.0 Å². The third-order valence-electron chi connectivity index (χ3n) is 3.75. The van der Waals surface area contributed by atoms with E-state index in [9.17, 15) is 8.42 Å². The number of hydrogen-bond donors (Lipinski definition) is 1. The molecule has 8 nitrogen and oxygen atoms in total. The average Bonchev–Trinajstić information content (AvgIpc) is 3.29. The number of nitrogens with zero attached hydrogens (tertiary/aromatic N) is 3. The van der Waals surface area contributed by atoms with Gasteiger partial charge in [0.25, 0.3) is 10.0 Å². The summed E-state index contributed by atoms with van der Waals surface area (Å²) in [6.45, 7) is 7.51. The van der Waals surface area contributed by atoms with Crippen molar-refractivity contribution >= 4 is 26.8 Å². The minimum absolute atomic E-state index is 0.0318. The Morgan fingerprint density at radius 1 is 1.41 bits per heavy atom. The molecule has 0 fully saturated rings. The molecule has 0 bridgehead atoms. The third-order valence-corrected chi connectivity index (χ3v) is 5.13. The first kappa shape index (κ1) is 18.5. The minimum atomic E-state index is -3.90. The zero-order valence-electron chi connectivity index (χ0n) is 14.6. The van der Waals surface area contributed by atoms with Crippen molar-refractivity contribution in [2.75, 3.05) is 11.8 Å². The second kappa shape index (κ2) is 7.50. The van der Waals surface area contributed by atoms with E-state index < -0.39 is 10.0 Å². The summed E-state index contributed by atoms with van der Waals surface area (Å²) in [7, 11) is -2.40. The molecule has 27 heavy (non-hydrogen) atoms. The van der Waals surface area contributed by atoms with E-state index in [2.05, 4.69) is 28.1 Å². The summed E-state index contributed by atoms with van der Waals surface area (Å²) in [4.78, 5) is -0.0390. The highest BCUT2D eigenvalue weighted by molar-refractivity contribution is 7.96. The number of fused-ring (bicyclic) bond motifs is 1. The number of methoxy groups -OCH3 is 1. The zero-order chi connectivity index (χ0) is 19.4. The second-order valence-electron chi connectivity index (χ2n) is 5.52. The monoisotopic (exact) mass is 386 g/mol. The molecule has 1 N–H and O–H groups in total. The first-order valence-corrected chi connectivity index (χ1v) is 9.38. The topological polar surface area (TPSA) is 99.2 Å². The zero-order valence-corrected chi connectivity index (χ0v) is 15.4. The number of rotatable bonds is 8. The minimum Gasteiger partial charge on any atom is -0.496 e. The summed E-state index contributed by atoms with van der Waals surface area (Å²) in [5.41, 5.74) is 1.26. The van der Waals surface area contributed by atoms with Crippen molar-refractivity contribution in [1.29, 1.82) is 0 Å². The summed E-state index contributed by atoms with van der Waals surface area (Å²) in [6.07, 6.45) is 7.42. The van der Waals surface area contributed by atoms with Crippen LogP contribution in [-0.2, 0) is 16.6 Å². The van der Waals surface area contributed by atoms with E-state index in [0.29, 0.717) is 23.3 Å². The molecule has 3 rings (SSSR count). The molecule has 1 aromatic carbocycles. The Bertz CT molecular complexity index is 1110. The average molecular weight is 386 g/mol. The van der Waals surface area contributed by atoms with Gasteiger partial charge < -0.3 is 9.26 Å². The van der Waals surface area contributed by atoms with Crippen molar-refractivity contribution in [3.05, 3.63) is 72.4 Å². The quantitative estimate of drug-likeness (QED) is 0.597. The van der Waals surface area contributed by atoms with Gasteiger partial charge in [-0.3, -0.25) is 9.40 Å². The van der Waals surface area contributed by atoms with E-state index in [1.807, 2.05) is 12.3 Å². The van der Waals surface area contributed by atoms with Crippen molar-refractivity contribution in [3.8, 4) is 5.75 Å². The van der Waals surface area contributed by atoms with Crippen LogP contribution in [0.3, 0.4) is 0 Å². The molecule has 0 saturated heterocycles. The van der Waals surface area contributed by atoms with Gasteiger partial charge in [0.15, 0.2) is 11.4 Å². The van der Waals surface area contributed by atoms with E-state index in [4.69, 9.17) is 9.26 Å². The van der Waals surface area contributed by atoms with Crippen molar-refractivity contribution in [2.45, 2.75) is 6.54 Å². The molecular formula is C18H18N4O4S. The van der Waals surface area contributed by atoms with Crippen molar-refractivity contribution in [2.24, 2.45) is 0 Å². The Kier molecular flexibility index (Phi) is 5.13. The molecule has 0 radical (unpaired) electrons. The van der Waals surface area contributed by atoms with Crippen molar-refractivity contribution < 1.29 is 17.7 Å². The first-order chi connectivity index (χ1) is 13.0. The molecule has 9 heteroatoms. The van der Waals surface area contributed by atoms with Crippen LogP contribution in [0.5, 0.6) is 5.75 Å². The lowest BCUT2D eigenvalue weighted by atomic mass is 10.1. The summed E-state index contributed by atoms with van der Waals surface area (Å²) in [5, 5.41) is 8.43. The highest BCUT2D eigenvalue weighted by atomic mass is 32.2. The van der Waals surface area contributed by atoms with Gasteiger partial charge >= 0.3 is 0 Å². The summed E-state index contributed by atoms with van der Waals surface area (Å²) in [5.74, 6) is 0.464. The first-order valence-electron chi connectivity index (χ1n) is 7.90. The van der Waals surface area contributed by atoms with Gasteiger partial charge in [-0.05, 0) is 35.9 Å². The van der Waals surface area contributed by atoms with Crippen LogP contribution < -0.4 is 9.46 Å². The predicted molar refractivity (Wildman–Crippen MR) is 103 cm³/mol. The van der Waals surface area contributed by atoms with E-state index in [-0.39, 0.29) is 10.7 Å². The lowest BCUT2D eigenvalue weighted by Gasteiger charge is -2.09. The number of allylic oxidation sites excluding steroid dienone is 3. The summed E-state index contributed by atoms with van der Waals surface area (Å²) in [6, 6.07) is 5.37. The van der Waals surface area contributed by atoms with Crippen molar-refractivity contribution in [1.82, 2.24) is 14.9 Å². The third kappa shape index (κ3) is 3.77. The van der Waals surface area contributed by atoms with Crippen LogP contribution in [0.2, 0.25) is 0 Å². The number of nitrogens with one attached hydrogen (secondary N) is 1. The van der Waals surface area contributed by atoms with Gasteiger partial charge in [-0.2, -0.15) is 5.10 Å². The van der Waals surface area contributed by atoms with Gasteiger partial charge in [-0.25, -0.2) is 8.42 Å². The van der Waals surface area contributed by atoms with E-state index in [0.717, 1.165) is 5.56 Å². The normalized spacial score (nSPS) is 12.1. The number of sulfonamides is 1. The standard InChI is InChI=1S/C18H18N4O4S/c1-4-7-14(5-2)27(23,24)21-18-17-15(25-3)10-13(11-16(17)26-20-18)12-22-9-6-8-19-22/h4-11H,1-2,12H2,3H3,(H,20,21)/b14-7+. The molecule has 2 heterocycles. The summed E-state index contributed by atoms with van der Waals surface area (Å²) < 4.78 is 39.9. The van der Waals surface area contributed by atoms with Crippen LogP contribution in [0, 0.1) is 0 Å². The van der Waals surface area contributed by atoms with E-state index in [1.165, 1.54) is 25.3 Å². The number of hydrogen-bond acceptors (Lipinski definition) is 6. The fourth-order valence-electron chi connectivity index (χ4n) is 2.56. The van der Waals surface area contributed by atoms with Crippen LogP contribution in [0.1, 0.15) is 5.56 Å². The van der Waals surface area contributed by atoms with Gasteiger partial charge in [-0.15, -0.1) is 0 Å².